The normalized spacial score (nSPS) is 16.5. The van der Waals surface area contributed by atoms with Crippen LogP contribution in [0.4, 0.5) is 16.2 Å². The highest BCUT2D eigenvalue weighted by Gasteiger charge is 2.34. The van der Waals surface area contributed by atoms with E-state index in [1.807, 2.05) is 31.3 Å². The van der Waals surface area contributed by atoms with Crippen LogP contribution >= 0.6 is 0 Å². The van der Waals surface area contributed by atoms with Crippen molar-refractivity contribution in [2.45, 2.75) is 50.0 Å². The molecule has 0 bridgehead atoms. The fourth-order valence-electron chi connectivity index (χ4n) is 5.81. The molecule has 1 saturated carbocycles. The van der Waals surface area contributed by atoms with Crippen LogP contribution in [0, 0.1) is 6.92 Å². The van der Waals surface area contributed by atoms with E-state index in [1.54, 1.807) is 16.8 Å². The maximum atomic E-state index is 13.3. The van der Waals surface area contributed by atoms with Crippen molar-refractivity contribution < 1.29 is 17.9 Å². The van der Waals surface area contributed by atoms with Crippen LogP contribution in [-0.4, -0.2) is 48.2 Å². The number of anilines is 2. The van der Waals surface area contributed by atoms with Crippen molar-refractivity contribution in [1.82, 2.24) is 19.3 Å². The molecule has 1 fully saturated rings. The number of ether oxygens (including phenoxy) is 1. The maximum Gasteiger partial charge on any atom is 0.333 e. The molecular formula is C28H28N6O4S. The molecule has 0 atom stereocenters. The van der Waals surface area contributed by atoms with E-state index in [-0.39, 0.29) is 4.90 Å². The largest absolute Gasteiger partial charge is 0.474 e. The third kappa shape index (κ3) is 4.26. The number of sulfonamides is 1. The van der Waals surface area contributed by atoms with Gasteiger partial charge in [-0.25, -0.2) is 27.4 Å². The van der Waals surface area contributed by atoms with E-state index < -0.39 is 16.1 Å². The van der Waals surface area contributed by atoms with Gasteiger partial charge < -0.3 is 15.0 Å². The predicted molar refractivity (Wildman–Crippen MR) is 147 cm³/mol. The molecule has 39 heavy (non-hydrogen) atoms. The van der Waals surface area contributed by atoms with Gasteiger partial charge in [0.15, 0.2) is 0 Å². The summed E-state index contributed by atoms with van der Waals surface area (Å²) in [6.45, 7) is 3.21. The van der Waals surface area contributed by atoms with E-state index in [2.05, 4.69) is 31.1 Å². The third-order valence-corrected chi connectivity index (χ3v) is 9.03. The molecule has 0 radical (unpaired) electrons. The summed E-state index contributed by atoms with van der Waals surface area (Å²) in [5, 5.41) is 7.18. The molecule has 7 rings (SSSR count). The predicted octanol–water partition coefficient (Wildman–Crippen LogP) is 4.07. The van der Waals surface area contributed by atoms with Gasteiger partial charge in [0.2, 0.25) is 5.88 Å². The van der Waals surface area contributed by atoms with E-state index in [1.165, 1.54) is 11.8 Å². The van der Waals surface area contributed by atoms with Crippen molar-refractivity contribution in [3.05, 3.63) is 65.6 Å². The van der Waals surface area contributed by atoms with E-state index >= 15 is 0 Å². The number of nitrogens with zero attached hydrogens (tertiary/aromatic N) is 4. The van der Waals surface area contributed by atoms with Gasteiger partial charge >= 0.3 is 6.03 Å². The van der Waals surface area contributed by atoms with E-state index in [4.69, 9.17) is 4.74 Å². The molecule has 4 heterocycles. The second kappa shape index (κ2) is 8.98. The molecule has 10 nitrogen and oxygen atoms in total. The molecule has 11 heteroatoms. The minimum Gasteiger partial charge on any atom is -0.474 e. The van der Waals surface area contributed by atoms with Gasteiger partial charge in [0.1, 0.15) is 17.2 Å². The molecule has 0 unspecified atom stereocenters. The Labute approximate surface area is 226 Å². The summed E-state index contributed by atoms with van der Waals surface area (Å²) in [7, 11) is -4.18. The number of carbonyl (C=O) groups is 1. The van der Waals surface area contributed by atoms with Crippen LogP contribution in [0.15, 0.2) is 53.8 Å². The van der Waals surface area contributed by atoms with Crippen molar-refractivity contribution >= 4 is 32.9 Å². The minimum absolute atomic E-state index is 0.0755. The standard InChI is InChI=1S/C28H28N6O4S/c1-17-13-18-3-2-4-23(18)26(25(17)19-8-10-34-21(14-19)7-9-30-34)31-28(35)32-39(36,37)22-15-24-27(29-16-22)38-12-11-33(24)20-5-6-20/h7-10,13-16,20H,2-6,11-12H2,1H3,(H2,31,32,35). The molecule has 3 aromatic heterocycles. The zero-order chi connectivity index (χ0) is 26.7. The Balaban J connectivity index is 1.21. The van der Waals surface area contributed by atoms with Crippen LogP contribution in [0.1, 0.15) is 36.0 Å². The first-order valence-corrected chi connectivity index (χ1v) is 14.7. The maximum absolute atomic E-state index is 13.3. The SMILES string of the molecule is Cc1cc2c(c(NC(=O)NS(=O)(=O)c3cnc4c(c3)N(C3CC3)CCO4)c1-c1ccn3nccc3c1)CCC2. The third-order valence-electron chi connectivity index (χ3n) is 7.74. The minimum atomic E-state index is -4.18. The first kappa shape index (κ1) is 24.0. The van der Waals surface area contributed by atoms with Crippen LogP contribution < -0.4 is 19.7 Å². The van der Waals surface area contributed by atoms with Gasteiger partial charge in [0.25, 0.3) is 10.0 Å². The van der Waals surface area contributed by atoms with Crippen molar-refractivity contribution in [2.75, 3.05) is 23.4 Å². The van der Waals surface area contributed by atoms with Crippen LogP contribution in [0.25, 0.3) is 16.6 Å². The first-order chi connectivity index (χ1) is 18.9. The number of urea groups is 1. The Kier molecular flexibility index (Phi) is 5.51. The van der Waals surface area contributed by atoms with Crippen molar-refractivity contribution in [1.29, 1.82) is 0 Å². The summed E-state index contributed by atoms with van der Waals surface area (Å²) in [5.41, 5.74) is 7.26. The molecule has 200 valence electrons. The van der Waals surface area contributed by atoms with E-state index in [9.17, 15) is 13.2 Å². The Morgan fingerprint density at radius 2 is 2.03 bits per heavy atom. The van der Waals surface area contributed by atoms with Gasteiger partial charge in [-0.3, -0.25) is 0 Å². The molecule has 0 spiro atoms. The van der Waals surface area contributed by atoms with Gasteiger partial charge in [0.05, 0.1) is 23.9 Å². The molecule has 3 aliphatic rings. The molecule has 4 aromatic rings. The van der Waals surface area contributed by atoms with Crippen LogP contribution in [-0.2, 0) is 22.9 Å². The number of hydrogen-bond donors (Lipinski definition) is 2. The number of aryl methyl sites for hydroxylation is 2. The van der Waals surface area contributed by atoms with E-state index in [0.717, 1.165) is 59.9 Å². The molecule has 2 amide bonds. The van der Waals surface area contributed by atoms with Crippen molar-refractivity contribution in [3.8, 4) is 17.0 Å². The summed E-state index contributed by atoms with van der Waals surface area (Å²) in [5.74, 6) is 0.423. The lowest BCUT2D eigenvalue weighted by molar-refractivity contribution is 0.256. The van der Waals surface area contributed by atoms with E-state index in [0.29, 0.717) is 36.4 Å². The Morgan fingerprint density at radius 3 is 2.87 bits per heavy atom. The number of pyridine rings is 2. The zero-order valence-electron chi connectivity index (χ0n) is 21.5. The number of aromatic nitrogens is 3. The topological polar surface area (TPSA) is 118 Å². The number of carbonyl (C=O) groups excluding carboxylic acids is 1. The highest BCUT2D eigenvalue weighted by molar-refractivity contribution is 7.90. The monoisotopic (exact) mass is 544 g/mol. The zero-order valence-corrected chi connectivity index (χ0v) is 22.3. The molecule has 2 N–H and O–H groups in total. The van der Waals surface area contributed by atoms with Gasteiger partial charge in [0, 0.05) is 24.0 Å². The average Bonchev–Trinajstić information content (AvgIpc) is 3.46. The number of nitrogens with one attached hydrogen (secondary N) is 2. The molecule has 0 saturated heterocycles. The van der Waals surface area contributed by atoms with Gasteiger partial charge in [-0.05, 0) is 85.5 Å². The van der Waals surface area contributed by atoms with Gasteiger partial charge in [-0.1, -0.05) is 6.07 Å². The van der Waals surface area contributed by atoms with Gasteiger partial charge in [-0.2, -0.15) is 5.10 Å². The average molecular weight is 545 g/mol. The van der Waals surface area contributed by atoms with Crippen LogP contribution in [0.3, 0.4) is 0 Å². The summed E-state index contributed by atoms with van der Waals surface area (Å²) in [6, 6.07) is 9.18. The fourth-order valence-corrected chi connectivity index (χ4v) is 6.68. The first-order valence-electron chi connectivity index (χ1n) is 13.2. The second-order valence-corrected chi connectivity index (χ2v) is 12.1. The highest BCUT2D eigenvalue weighted by atomic mass is 32.2. The quantitative estimate of drug-likeness (QED) is 0.389. The Hall–Kier alpha value is -4.12. The molecular weight excluding hydrogens is 516 g/mol. The van der Waals surface area contributed by atoms with Gasteiger partial charge in [-0.15, -0.1) is 0 Å². The molecule has 1 aromatic carbocycles. The number of fused-ring (bicyclic) bond motifs is 3. The smallest absolute Gasteiger partial charge is 0.333 e. The number of benzene rings is 1. The van der Waals surface area contributed by atoms with Crippen molar-refractivity contribution in [3.63, 3.8) is 0 Å². The van der Waals surface area contributed by atoms with Crippen molar-refractivity contribution in [2.24, 2.45) is 0 Å². The summed E-state index contributed by atoms with van der Waals surface area (Å²) >= 11 is 0. The number of hydrogen-bond acceptors (Lipinski definition) is 7. The Morgan fingerprint density at radius 1 is 1.15 bits per heavy atom. The Bertz CT molecular complexity index is 1740. The van der Waals surface area contributed by atoms with Crippen LogP contribution in [0.5, 0.6) is 5.88 Å². The summed E-state index contributed by atoms with van der Waals surface area (Å²) in [4.78, 5) is 19.6. The molecule has 1 aliphatic heterocycles. The highest BCUT2D eigenvalue weighted by Crippen LogP contribution is 2.41. The molecule has 2 aliphatic carbocycles. The fraction of sp³-hybridized carbons (Fsp3) is 0.321. The summed E-state index contributed by atoms with van der Waals surface area (Å²) in [6.07, 6.45) is 9.69. The number of rotatable bonds is 5. The second-order valence-electron chi connectivity index (χ2n) is 10.4. The lowest BCUT2D eigenvalue weighted by Crippen LogP contribution is -2.37. The van der Waals surface area contributed by atoms with Crippen LogP contribution in [0.2, 0.25) is 0 Å². The number of amides is 2. The summed E-state index contributed by atoms with van der Waals surface area (Å²) < 4.78 is 36.2. The lowest BCUT2D eigenvalue weighted by atomic mass is 9.93. The lowest BCUT2D eigenvalue weighted by Gasteiger charge is -2.30.